The number of aromatic nitrogens is 2. The van der Waals surface area contributed by atoms with E-state index in [4.69, 9.17) is 4.98 Å². The Hall–Kier alpha value is -1.92. The van der Waals surface area contributed by atoms with E-state index in [1.807, 2.05) is 12.1 Å². The number of nitrogens with one attached hydrogen (secondary N) is 2. The molecule has 2 N–H and O–H groups in total. The molecule has 2 aromatic rings. The molecule has 0 bridgehead atoms. The summed E-state index contributed by atoms with van der Waals surface area (Å²) in [5, 5.41) is 3.21. The van der Waals surface area contributed by atoms with E-state index < -0.39 is 0 Å². The molecule has 1 saturated carbocycles. The fourth-order valence-corrected chi connectivity index (χ4v) is 4.83. The molecule has 3 fully saturated rings. The summed E-state index contributed by atoms with van der Waals surface area (Å²) in [5.74, 6) is 1.56. The second-order valence-electron chi connectivity index (χ2n) is 8.82. The number of hydrogen-bond donors (Lipinski definition) is 2. The number of fused-ring (bicyclic) bond motifs is 1. The second kappa shape index (κ2) is 7.84. The molecule has 1 aromatic heterocycles. The number of carbonyl (C=O) groups is 1. The lowest BCUT2D eigenvalue weighted by molar-refractivity contribution is -0.127. The number of carbonyl (C=O) groups excluding carboxylic acids is 1. The molecule has 1 aliphatic carbocycles. The zero-order valence-corrected chi connectivity index (χ0v) is 16.6. The van der Waals surface area contributed by atoms with Crippen molar-refractivity contribution >= 4 is 16.9 Å². The van der Waals surface area contributed by atoms with Crippen LogP contribution in [0.25, 0.3) is 11.0 Å². The van der Waals surface area contributed by atoms with Gasteiger partial charge in [-0.15, -0.1) is 0 Å². The van der Waals surface area contributed by atoms with Crippen LogP contribution in [-0.2, 0) is 11.3 Å². The molecule has 6 heteroatoms. The summed E-state index contributed by atoms with van der Waals surface area (Å²) in [4.78, 5) is 25.7. The number of H-pyrrole nitrogens is 1. The maximum Gasteiger partial charge on any atom is 0.224 e. The highest BCUT2D eigenvalue weighted by Crippen LogP contribution is 2.26. The van der Waals surface area contributed by atoms with Crippen LogP contribution in [-0.4, -0.2) is 63.9 Å². The molecule has 3 aliphatic rings. The Bertz CT molecular complexity index is 788. The number of aromatic amines is 1. The molecule has 1 amide bonds. The number of rotatable bonds is 5. The summed E-state index contributed by atoms with van der Waals surface area (Å²) >= 11 is 0. The van der Waals surface area contributed by atoms with Gasteiger partial charge in [0.25, 0.3) is 0 Å². The van der Waals surface area contributed by atoms with Crippen LogP contribution >= 0.6 is 0 Å². The Morgan fingerprint density at radius 3 is 2.71 bits per heavy atom. The van der Waals surface area contributed by atoms with Crippen LogP contribution in [0.15, 0.2) is 24.3 Å². The third kappa shape index (κ3) is 4.08. The Labute approximate surface area is 166 Å². The first-order valence-electron chi connectivity index (χ1n) is 10.9. The molecule has 28 heavy (non-hydrogen) atoms. The minimum atomic E-state index is 0.197. The Morgan fingerprint density at radius 2 is 1.93 bits per heavy atom. The maximum atomic E-state index is 12.4. The lowest BCUT2D eigenvalue weighted by atomic mass is 9.93. The number of likely N-dealkylation sites (tertiary alicyclic amines) is 2. The van der Waals surface area contributed by atoms with Crippen molar-refractivity contribution in [1.82, 2.24) is 25.1 Å². The van der Waals surface area contributed by atoms with Crippen LogP contribution in [0.1, 0.15) is 44.3 Å². The summed E-state index contributed by atoms with van der Waals surface area (Å²) in [6, 6.07) is 9.34. The third-order valence-corrected chi connectivity index (χ3v) is 6.63. The SMILES string of the molecule is O=C(NC1CC1)[C@H]1CCCN(C2CCN(Cc3nc4ccccc4[nH]3)CC2)C1. The van der Waals surface area contributed by atoms with Gasteiger partial charge in [-0.05, 0) is 57.2 Å². The first-order chi connectivity index (χ1) is 13.7. The fourth-order valence-electron chi connectivity index (χ4n) is 4.83. The van der Waals surface area contributed by atoms with Crippen LogP contribution in [0.4, 0.5) is 0 Å². The number of piperidine rings is 2. The summed E-state index contributed by atoms with van der Waals surface area (Å²) in [6.45, 7) is 5.22. The first kappa shape index (κ1) is 18.1. The molecular weight excluding hydrogens is 350 g/mol. The predicted octanol–water partition coefficient (Wildman–Crippen LogP) is 2.52. The summed E-state index contributed by atoms with van der Waals surface area (Å²) in [5.41, 5.74) is 2.17. The van der Waals surface area contributed by atoms with Gasteiger partial charge in [0.2, 0.25) is 5.91 Å². The van der Waals surface area contributed by atoms with Crippen LogP contribution < -0.4 is 5.32 Å². The van der Waals surface area contributed by atoms with Gasteiger partial charge in [0.15, 0.2) is 0 Å². The van der Waals surface area contributed by atoms with E-state index in [2.05, 4.69) is 32.2 Å². The normalized spacial score (nSPS) is 25.2. The molecule has 0 spiro atoms. The third-order valence-electron chi connectivity index (χ3n) is 6.63. The number of para-hydroxylation sites is 2. The first-order valence-corrected chi connectivity index (χ1v) is 10.9. The van der Waals surface area contributed by atoms with E-state index in [9.17, 15) is 4.79 Å². The zero-order chi connectivity index (χ0) is 18.9. The van der Waals surface area contributed by atoms with Crippen molar-refractivity contribution in [2.24, 2.45) is 5.92 Å². The molecule has 1 aromatic carbocycles. The van der Waals surface area contributed by atoms with Crippen LogP contribution in [0.5, 0.6) is 0 Å². The molecule has 150 valence electrons. The Kier molecular flexibility index (Phi) is 5.07. The van der Waals surface area contributed by atoms with Crippen LogP contribution in [0.2, 0.25) is 0 Å². The van der Waals surface area contributed by atoms with Gasteiger partial charge in [0, 0.05) is 31.7 Å². The van der Waals surface area contributed by atoms with Crippen molar-refractivity contribution < 1.29 is 4.79 Å². The van der Waals surface area contributed by atoms with Crippen molar-refractivity contribution in [1.29, 1.82) is 0 Å². The van der Waals surface area contributed by atoms with Crippen LogP contribution in [0, 0.1) is 5.92 Å². The average molecular weight is 382 g/mol. The summed E-state index contributed by atoms with van der Waals surface area (Å²) in [7, 11) is 0. The Balaban J connectivity index is 1.12. The quantitative estimate of drug-likeness (QED) is 0.835. The van der Waals surface area contributed by atoms with Crippen molar-refractivity contribution in [3.8, 4) is 0 Å². The second-order valence-corrected chi connectivity index (χ2v) is 8.82. The average Bonchev–Trinajstić information content (AvgIpc) is 3.45. The van der Waals surface area contributed by atoms with Gasteiger partial charge in [0.05, 0.1) is 23.5 Å². The Morgan fingerprint density at radius 1 is 1.11 bits per heavy atom. The number of nitrogens with zero attached hydrogens (tertiary/aromatic N) is 3. The van der Waals surface area contributed by atoms with Gasteiger partial charge in [0.1, 0.15) is 5.82 Å². The molecule has 0 radical (unpaired) electrons. The minimum Gasteiger partial charge on any atom is -0.353 e. The molecule has 2 aliphatic heterocycles. The highest BCUT2D eigenvalue weighted by atomic mass is 16.2. The van der Waals surface area contributed by atoms with Gasteiger partial charge >= 0.3 is 0 Å². The van der Waals surface area contributed by atoms with Gasteiger partial charge in [-0.25, -0.2) is 4.98 Å². The van der Waals surface area contributed by atoms with Crippen LogP contribution in [0.3, 0.4) is 0 Å². The molecule has 2 saturated heterocycles. The van der Waals surface area contributed by atoms with Gasteiger partial charge in [-0.1, -0.05) is 12.1 Å². The lowest BCUT2D eigenvalue weighted by Crippen LogP contribution is -2.50. The predicted molar refractivity (Wildman–Crippen MR) is 110 cm³/mol. The standard InChI is InChI=1S/C22H31N5O/c28-22(23-17-7-8-17)16-4-3-11-27(14-16)18-9-12-26(13-10-18)15-21-24-19-5-1-2-6-20(19)25-21/h1-2,5-6,16-18H,3-4,7-15H2,(H,23,28)(H,24,25)/t16-/m0/s1. The lowest BCUT2D eigenvalue weighted by Gasteiger charge is -2.41. The van der Waals surface area contributed by atoms with E-state index in [0.29, 0.717) is 18.0 Å². The van der Waals surface area contributed by atoms with Gasteiger partial charge < -0.3 is 10.3 Å². The summed E-state index contributed by atoms with van der Waals surface area (Å²) < 4.78 is 0. The molecule has 0 unspecified atom stereocenters. The smallest absolute Gasteiger partial charge is 0.224 e. The molecule has 6 nitrogen and oxygen atoms in total. The fraction of sp³-hybridized carbons (Fsp3) is 0.636. The van der Waals surface area contributed by atoms with Crippen molar-refractivity contribution in [3.05, 3.63) is 30.1 Å². The number of amides is 1. The highest BCUT2D eigenvalue weighted by molar-refractivity contribution is 5.79. The van der Waals surface area contributed by atoms with E-state index in [1.54, 1.807) is 0 Å². The number of imidazole rings is 1. The number of benzene rings is 1. The van der Waals surface area contributed by atoms with Crippen molar-refractivity contribution in [2.45, 2.75) is 57.2 Å². The molecule has 3 heterocycles. The molecule has 5 rings (SSSR count). The summed E-state index contributed by atoms with van der Waals surface area (Å²) in [6.07, 6.45) is 6.94. The van der Waals surface area contributed by atoms with E-state index in [0.717, 1.165) is 62.4 Å². The number of hydrogen-bond acceptors (Lipinski definition) is 4. The maximum absolute atomic E-state index is 12.4. The topological polar surface area (TPSA) is 64.3 Å². The minimum absolute atomic E-state index is 0.197. The van der Waals surface area contributed by atoms with E-state index in [-0.39, 0.29) is 5.92 Å². The van der Waals surface area contributed by atoms with E-state index >= 15 is 0 Å². The van der Waals surface area contributed by atoms with E-state index in [1.165, 1.54) is 25.7 Å². The zero-order valence-electron chi connectivity index (χ0n) is 16.6. The van der Waals surface area contributed by atoms with Crippen molar-refractivity contribution in [3.63, 3.8) is 0 Å². The molecular formula is C22H31N5O. The highest BCUT2D eigenvalue weighted by Gasteiger charge is 2.33. The largest absolute Gasteiger partial charge is 0.353 e. The monoisotopic (exact) mass is 381 g/mol. The van der Waals surface area contributed by atoms with Crippen molar-refractivity contribution in [2.75, 3.05) is 26.2 Å². The molecule has 1 atom stereocenters. The van der Waals surface area contributed by atoms with Gasteiger partial charge in [-0.3, -0.25) is 14.6 Å². The van der Waals surface area contributed by atoms with Gasteiger partial charge in [-0.2, -0.15) is 0 Å².